The minimum Gasteiger partial charge on any atom is -0.355 e. The van der Waals surface area contributed by atoms with E-state index < -0.39 is 10.0 Å². The number of nitrogens with zero attached hydrogens (tertiary/aromatic N) is 2. The summed E-state index contributed by atoms with van der Waals surface area (Å²) in [4.78, 5) is 28.8. The Morgan fingerprint density at radius 1 is 1.03 bits per heavy atom. The Morgan fingerprint density at radius 3 is 2.24 bits per heavy atom. The summed E-state index contributed by atoms with van der Waals surface area (Å²) < 4.78 is 22.5. The van der Waals surface area contributed by atoms with E-state index in [0.717, 1.165) is 44.3 Å². The first-order valence-electron chi connectivity index (χ1n) is 10.2. The van der Waals surface area contributed by atoms with Crippen LogP contribution in [0.4, 0.5) is 0 Å². The number of carbonyl (C=O) groups is 2. The number of nitrogens with one attached hydrogen (secondary N) is 1. The van der Waals surface area contributed by atoms with Gasteiger partial charge in [-0.2, -0.15) is 0 Å². The molecule has 29 heavy (non-hydrogen) atoms. The van der Waals surface area contributed by atoms with E-state index in [2.05, 4.69) is 10.2 Å². The third-order valence-corrected chi connectivity index (χ3v) is 6.67. The Labute approximate surface area is 172 Å². The molecule has 160 valence electrons. The average molecular weight is 423 g/mol. The number of hydrogen-bond acceptors (Lipinski definition) is 5. The van der Waals surface area contributed by atoms with Crippen LogP contribution in [0.2, 0.25) is 0 Å². The number of carbonyl (C=O) groups excluding carboxylic acids is 2. The lowest BCUT2D eigenvalue weighted by Gasteiger charge is -2.35. The number of rotatable bonds is 7. The number of amides is 2. The number of nitrogens with two attached hydrogens (primary N) is 1. The van der Waals surface area contributed by atoms with Crippen LogP contribution in [-0.2, 0) is 26.0 Å². The van der Waals surface area contributed by atoms with Gasteiger partial charge >= 0.3 is 0 Å². The number of primary sulfonamides is 1. The molecule has 3 N–H and O–H groups in total. The van der Waals surface area contributed by atoms with Crippen LogP contribution in [0.25, 0.3) is 0 Å². The Bertz CT molecular complexity index is 811. The molecule has 0 aromatic heterocycles. The highest BCUT2D eigenvalue weighted by molar-refractivity contribution is 7.89. The summed E-state index contributed by atoms with van der Waals surface area (Å²) in [7, 11) is -3.68. The maximum absolute atomic E-state index is 12.5. The molecule has 8 nitrogen and oxygen atoms in total. The van der Waals surface area contributed by atoms with Crippen LogP contribution in [-0.4, -0.2) is 69.3 Å². The van der Waals surface area contributed by atoms with E-state index in [1.165, 1.54) is 12.1 Å². The van der Waals surface area contributed by atoms with Gasteiger partial charge in [-0.15, -0.1) is 0 Å². The van der Waals surface area contributed by atoms with E-state index in [1.807, 2.05) is 4.90 Å². The van der Waals surface area contributed by atoms with Crippen molar-refractivity contribution in [3.05, 3.63) is 29.8 Å². The Morgan fingerprint density at radius 2 is 1.66 bits per heavy atom. The normalized spacial score (nSPS) is 18.7. The van der Waals surface area contributed by atoms with Gasteiger partial charge in [0, 0.05) is 38.6 Å². The zero-order chi connectivity index (χ0) is 20.9. The van der Waals surface area contributed by atoms with Crippen molar-refractivity contribution in [3.63, 3.8) is 0 Å². The number of piperazine rings is 1. The highest BCUT2D eigenvalue weighted by Crippen LogP contribution is 2.26. The first-order valence-corrected chi connectivity index (χ1v) is 11.8. The summed E-state index contributed by atoms with van der Waals surface area (Å²) in [5, 5.41) is 7.98. The van der Waals surface area contributed by atoms with E-state index in [1.54, 1.807) is 12.1 Å². The van der Waals surface area contributed by atoms with Gasteiger partial charge in [0.15, 0.2) is 0 Å². The van der Waals surface area contributed by atoms with Gasteiger partial charge in [0.05, 0.1) is 11.4 Å². The molecule has 1 saturated carbocycles. The molecule has 0 spiro atoms. The average Bonchev–Trinajstić information content (AvgIpc) is 3.22. The standard InChI is InChI=1S/C20H30N4O4S/c21-29(27,28)18-7-5-16(6-8-18)9-10-22-19(25)15-23-11-13-24(14-12-23)20(26)17-3-1-2-4-17/h5-8,17H,1-4,9-15H2,(H,22,25)(H2,21,27,28). The molecule has 0 unspecified atom stereocenters. The van der Waals surface area contributed by atoms with Crippen molar-refractivity contribution in [1.29, 1.82) is 0 Å². The Kier molecular flexibility index (Phi) is 7.26. The molecule has 0 bridgehead atoms. The van der Waals surface area contributed by atoms with E-state index in [0.29, 0.717) is 38.5 Å². The van der Waals surface area contributed by atoms with Crippen LogP contribution in [0.5, 0.6) is 0 Å². The molecular weight excluding hydrogens is 392 g/mol. The number of hydrogen-bond donors (Lipinski definition) is 2. The maximum Gasteiger partial charge on any atom is 0.238 e. The summed E-state index contributed by atoms with van der Waals surface area (Å²) in [5.41, 5.74) is 0.928. The molecule has 1 aliphatic carbocycles. The molecule has 3 rings (SSSR count). The van der Waals surface area contributed by atoms with Crippen LogP contribution in [0, 0.1) is 5.92 Å². The first kappa shape index (κ1) is 21.7. The van der Waals surface area contributed by atoms with Gasteiger partial charge in [-0.05, 0) is 37.0 Å². The second-order valence-corrected chi connectivity index (χ2v) is 9.43. The second-order valence-electron chi connectivity index (χ2n) is 7.87. The quantitative estimate of drug-likeness (QED) is 0.657. The van der Waals surface area contributed by atoms with Gasteiger partial charge in [0.25, 0.3) is 0 Å². The molecule has 9 heteroatoms. The van der Waals surface area contributed by atoms with Gasteiger partial charge in [-0.1, -0.05) is 25.0 Å². The second kappa shape index (κ2) is 9.69. The molecule has 1 saturated heterocycles. The van der Waals surface area contributed by atoms with Crippen LogP contribution in [0.1, 0.15) is 31.2 Å². The largest absolute Gasteiger partial charge is 0.355 e. The van der Waals surface area contributed by atoms with E-state index in [-0.39, 0.29) is 16.7 Å². The molecular formula is C20H30N4O4S. The molecule has 1 aliphatic heterocycles. The Hall–Kier alpha value is -1.97. The highest BCUT2D eigenvalue weighted by Gasteiger charge is 2.29. The molecule has 1 aromatic carbocycles. The van der Waals surface area contributed by atoms with Gasteiger partial charge < -0.3 is 10.2 Å². The minimum absolute atomic E-state index is 0.0401. The molecule has 2 fully saturated rings. The zero-order valence-electron chi connectivity index (χ0n) is 16.7. The number of sulfonamides is 1. The Balaban J connectivity index is 1.34. The van der Waals surface area contributed by atoms with Crippen molar-refractivity contribution in [2.75, 3.05) is 39.3 Å². The third kappa shape index (κ3) is 6.25. The lowest BCUT2D eigenvalue weighted by Crippen LogP contribution is -2.52. The monoisotopic (exact) mass is 422 g/mol. The van der Waals surface area contributed by atoms with Gasteiger partial charge in [-0.3, -0.25) is 14.5 Å². The summed E-state index contributed by atoms with van der Waals surface area (Å²) in [6, 6.07) is 6.34. The molecule has 0 radical (unpaired) electrons. The van der Waals surface area contributed by atoms with Gasteiger partial charge in [-0.25, -0.2) is 13.6 Å². The summed E-state index contributed by atoms with van der Waals surface area (Å²) in [6.45, 7) is 3.64. The van der Waals surface area contributed by atoms with Crippen LogP contribution >= 0.6 is 0 Å². The van der Waals surface area contributed by atoms with Crippen molar-refractivity contribution in [3.8, 4) is 0 Å². The first-order chi connectivity index (χ1) is 13.8. The fourth-order valence-corrected chi connectivity index (χ4v) is 4.52. The fourth-order valence-electron chi connectivity index (χ4n) is 4.01. The SMILES string of the molecule is NS(=O)(=O)c1ccc(CCNC(=O)CN2CCN(C(=O)C3CCCC3)CC2)cc1. The number of benzene rings is 1. The predicted octanol–water partition coefficient (Wildman–Crippen LogP) is 0.327. The van der Waals surface area contributed by atoms with Crippen molar-refractivity contribution < 1.29 is 18.0 Å². The van der Waals surface area contributed by atoms with Crippen molar-refractivity contribution in [2.24, 2.45) is 11.1 Å². The van der Waals surface area contributed by atoms with Crippen LogP contribution in [0.15, 0.2) is 29.2 Å². The molecule has 1 aromatic rings. The van der Waals surface area contributed by atoms with E-state index >= 15 is 0 Å². The zero-order valence-corrected chi connectivity index (χ0v) is 17.5. The highest BCUT2D eigenvalue weighted by atomic mass is 32.2. The van der Waals surface area contributed by atoms with Crippen LogP contribution in [0.3, 0.4) is 0 Å². The topological polar surface area (TPSA) is 113 Å². The van der Waals surface area contributed by atoms with Crippen LogP contribution < -0.4 is 10.5 Å². The van der Waals surface area contributed by atoms with E-state index in [9.17, 15) is 18.0 Å². The summed E-state index contributed by atoms with van der Waals surface area (Å²) >= 11 is 0. The van der Waals surface area contributed by atoms with Crippen molar-refractivity contribution >= 4 is 21.8 Å². The van der Waals surface area contributed by atoms with Crippen molar-refractivity contribution in [2.45, 2.75) is 37.0 Å². The maximum atomic E-state index is 12.5. The third-order valence-electron chi connectivity index (χ3n) is 5.74. The summed E-state index contributed by atoms with van der Waals surface area (Å²) in [5.74, 6) is 0.464. The fraction of sp³-hybridized carbons (Fsp3) is 0.600. The molecule has 0 atom stereocenters. The molecule has 1 heterocycles. The summed E-state index contributed by atoms with van der Waals surface area (Å²) in [6.07, 6.45) is 4.97. The van der Waals surface area contributed by atoms with Gasteiger partial charge in [0.2, 0.25) is 21.8 Å². The molecule has 2 aliphatic rings. The lowest BCUT2D eigenvalue weighted by atomic mass is 10.1. The van der Waals surface area contributed by atoms with Crippen molar-refractivity contribution in [1.82, 2.24) is 15.1 Å². The predicted molar refractivity (Wildman–Crippen MR) is 110 cm³/mol. The van der Waals surface area contributed by atoms with Gasteiger partial charge in [0.1, 0.15) is 0 Å². The lowest BCUT2D eigenvalue weighted by molar-refractivity contribution is -0.137. The molecule has 2 amide bonds. The smallest absolute Gasteiger partial charge is 0.238 e. The van der Waals surface area contributed by atoms with E-state index in [4.69, 9.17) is 5.14 Å². The minimum atomic E-state index is -3.68.